The fourth-order valence-electron chi connectivity index (χ4n) is 0.963. The van der Waals surface area contributed by atoms with E-state index < -0.39 is 28.9 Å². The van der Waals surface area contributed by atoms with Gasteiger partial charge in [0.15, 0.2) is 0 Å². The molecule has 74 valence electrons. The molecule has 0 saturated carbocycles. The van der Waals surface area contributed by atoms with Crippen molar-refractivity contribution in [2.75, 3.05) is 0 Å². The van der Waals surface area contributed by atoms with E-state index in [0.29, 0.717) is 6.07 Å². The molecular weight excluding hydrogens is 191 g/mol. The van der Waals surface area contributed by atoms with Gasteiger partial charge in [0.05, 0.1) is 5.56 Å². The zero-order valence-corrected chi connectivity index (χ0v) is 7.24. The van der Waals surface area contributed by atoms with Crippen LogP contribution >= 0.6 is 0 Å². The lowest BCUT2D eigenvalue weighted by atomic mass is 10.1. The van der Waals surface area contributed by atoms with Crippen LogP contribution in [0.1, 0.15) is 15.9 Å². The van der Waals surface area contributed by atoms with Gasteiger partial charge in [-0.15, -0.1) is 0 Å². The number of hydrogen-bond donors (Lipinski definition) is 2. The third kappa shape index (κ3) is 1.71. The largest absolute Gasteiger partial charge is 0.507 e. The first-order chi connectivity index (χ1) is 6.43. The van der Waals surface area contributed by atoms with Crippen molar-refractivity contribution in [3.8, 4) is 5.75 Å². The highest BCUT2D eigenvalue weighted by Crippen LogP contribution is 2.21. The number of aryl methyl sites for hydroxylation is 1. The Hall–Kier alpha value is -1.91. The molecule has 14 heavy (non-hydrogen) atoms. The zero-order valence-electron chi connectivity index (χ0n) is 7.24. The summed E-state index contributed by atoms with van der Waals surface area (Å²) >= 11 is 0. The maximum atomic E-state index is 12.9. The summed E-state index contributed by atoms with van der Waals surface area (Å²) < 4.78 is 12.9. The van der Waals surface area contributed by atoms with Gasteiger partial charge in [-0.1, -0.05) is 0 Å². The average molecular weight is 198 g/mol. The predicted molar refractivity (Wildman–Crippen MR) is 44.8 cm³/mol. The Morgan fingerprint density at radius 3 is 2.43 bits per heavy atom. The van der Waals surface area contributed by atoms with Crippen LogP contribution in [-0.4, -0.2) is 22.0 Å². The molecule has 0 aromatic heterocycles. The Labute approximate surface area is 78.6 Å². The smallest absolute Gasteiger partial charge is 0.377 e. The standard InChI is InChI=1S/C9H7FO4/c1-4-2-7(11)5(3-6(4)10)8(12)9(13)14/h2-3,11H,1H3,(H,13,14). The second kappa shape index (κ2) is 3.45. The van der Waals surface area contributed by atoms with E-state index in [-0.39, 0.29) is 5.56 Å². The molecule has 0 saturated heterocycles. The van der Waals surface area contributed by atoms with Gasteiger partial charge < -0.3 is 10.2 Å². The number of carboxylic acids is 1. The monoisotopic (exact) mass is 198 g/mol. The first-order valence-electron chi connectivity index (χ1n) is 3.70. The minimum Gasteiger partial charge on any atom is -0.507 e. The number of phenolic OH excluding ortho intramolecular Hbond substituents is 1. The highest BCUT2D eigenvalue weighted by Gasteiger charge is 2.20. The van der Waals surface area contributed by atoms with E-state index in [1.54, 1.807) is 0 Å². The van der Waals surface area contributed by atoms with Crippen LogP contribution in [0.15, 0.2) is 12.1 Å². The summed E-state index contributed by atoms with van der Waals surface area (Å²) in [6, 6.07) is 1.71. The second-order valence-electron chi connectivity index (χ2n) is 2.75. The van der Waals surface area contributed by atoms with E-state index in [1.165, 1.54) is 6.92 Å². The summed E-state index contributed by atoms with van der Waals surface area (Å²) in [7, 11) is 0. The first-order valence-corrected chi connectivity index (χ1v) is 3.70. The van der Waals surface area contributed by atoms with Crippen LogP contribution in [0.5, 0.6) is 5.75 Å². The fourth-order valence-corrected chi connectivity index (χ4v) is 0.963. The van der Waals surface area contributed by atoms with Crippen molar-refractivity contribution in [1.82, 2.24) is 0 Å². The van der Waals surface area contributed by atoms with Gasteiger partial charge in [-0.25, -0.2) is 9.18 Å². The summed E-state index contributed by atoms with van der Waals surface area (Å²) in [6.45, 7) is 1.39. The van der Waals surface area contributed by atoms with E-state index in [4.69, 9.17) is 5.11 Å². The molecule has 1 aromatic rings. The maximum Gasteiger partial charge on any atom is 0.377 e. The Kier molecular flexibility index (Phi) is 2.51. The van der Waals surface area contributed by atoms with Crippen LogP contribution in [0.25, 0.3) is 0 Å². The molecule has 0 radical (unpaired) electrons. The molecule has 1 rings (SSSR count). The van der Waals surface area contributed by atoms with E-state index in [2.05, 4.69) is 0 Å². The number of phenols is 1. The Morgan fingerprint density at radius 2 is 1.93 bits per heavy atom. The molecule has 0 aliphatic heterocycles. The molecule has 0 heterocycles. The Balaban J connectivity index is 3.29. The number of carbonyl (C=O) groups excluding carboxylic acids is 1. The van der Waals surface area contributed by atoms with Crippen molar-refractivity contribution in [2.24, 2.45) is 0 Å². The van der Waals surface area contributed by atoms with Crippen LogP contribution in [0.4, 0.5) is 4.39 Å². The quantitative estimate of drug-likeness (QED) is 0.551. The number of Topliss-reactive ketones (excluding diaryl/α,β-unsaturated/α-hetero) is 1. The second-order valence-corrected chi connectivity index (χ2v) is 2.75. The first kappa shape index (κ1) is 10.2. The number of aliphatic carboxylic acids is 1. The minimum atomic E-state index is -1.73. The summed E-state index contributed by atoms with van der Waals surface area (Å²) in [5.41, 5.74) is -0.398. The molecule has 1 aromatic carbocycles. The van der Waals surface area contributed by atoms with Gasteiger partial charge in [0.1, 0.15) is 11.6 Å². The number of rotatable bonds is 2. The summed E-state index contributed by atoms with van der Waals surface area (Å²) in [5.74, 6) is -4.33. The van der Waals surface area contributed by atoms with Crippen molar-refractivity contribution in [3.63, 3.8) is 0 Å². The molecule has 0 spiro atoms. The zero-order chi connectivity index (χ0) is 10.9. The summed E-state index contributed by atoms with van der Waals surface area (Å²) in [4.78, 5) is 21.2. The third-order valence-corrected chi connectivity index (χ3v) is 1.72. The summed E-state index contributed by atoms with van der Waals surface area (Å²) in [6.07, 6.45) is 0. The predicted octanol–water partition coefficient (Wildman–Crippen LogP) is 1.11. The van der Waals surface area contributed by atoms with Gasteiger partial charge in [0.25, 0.3) is 5.78 Å². The number of ketones is 1. The molecular formula is C9H7FO4. The van der Waals surface area contributed by atoms with Crippen molar-refractivity contribution in [3.05, 3.63) is 29.1 Å². The molecule has 5 heteroatoms. The molecule has 0 fully saturated rings. The highest BCUT2D eigenvalue weighted by molar-refractivity contribution is 6.40. The van der Waals surface area contributed by atoms with E-state index >= 15 is 0 Å². The number of aromatic hydroxyl groups is 1. The van der Waals surface area contributed by atoms with E-state index in [9.17, 15) is 19.1 Å². The number of halogens is 1. The summed E-state index contributed by atoms with van der Waals surface area (Å²) in [5, 5.41) is 17.5. The van der Waals surface area contributed by atoms with Crippen molar-refractivity contribution < 1.29 is 24.2 Å². The molecule has 4 nitrogen and oxygen atoms in total. The van der Waals surface area contributed by atoms with Gasteiger partial charge in [-0.2, -0.15) is 0 Å². The Bertz CT molecular complexity index is 412. The van der Waals surface area contributed by atoms with Crippen molar-refractivity contribution in [1.29, 1.82) is 0 Å². The molecule has 0 aliphatic rings. The van der Waals surface area contributed by atoms with Gasteiger partial charge in [-0.3, -0.25) is 4.79 Å². The number of carbonyl (C=O) groups is 2. The maximum absolute atomic E-state index is 12.9. The van der Waals surface area contributed by atoms with Crippen LogP contribution in [0, 0.1) is 12.7 Å². The SMILES string of the molecule is Cc1cc(O)c(C(=O)C(=O)O)cc1F. The molecule has 0 unspecified atom stereocenters. The van der Waals surface area contributed by atoms with Gasteiger partial charge in [0.2, 0.25) is 0 Å². The highest BCUT2D eigenvalue weighted by atomic mass is 19.1. The number of benzene rings is 1. The van der Waals surface area contributed by atoms with Crippen LogP contribution in [0.3, 0.4) is 0 Å². The van der Waals surface area contributed by atoms with Crippen molar-refractivity contribution >= 4 is 11.8 Å². The normalized spacial score (nSPS) is 9.86. The minimum absolute atomic E-state index is 0.143. The van der Waals surface area contributed by atoms with Crippen LogP contribution < -0.4 is 0 Å². The molecule has 0 bridgehead atoms. The lowest BCUT2D eigenvalue weighted by Gasteiger charge is -2.02. The molecule has 0 atom stereocenters. The lowest BCUT2D eigenvalue weighted by molar-refractivity contribution is -0.131. The van der Waals surface area contributed by atoms with Gasteiger partial charge in [0, 0.05) is 0 Å². The fraction of sp³-hybridized carbons (Fsp3) is 0.111. The van der Waals surface area contributed by atoms with Crippen molar-refractivity contribution in [2.45, 2.75) is 6.92 Å². The van der Waals surface area contributed by atoms with Gasteiger partial charge >= 0.3 is 5.97 Å². The van der Waals surface area contributed by atoms with Crippen LogP contribution in [0.2, 0.25) is 0 Å². The van der Waals surface area contributed by atoms with Crippen LogP contribution in [-0.2, 0) is 4.79 Å². The third-order valence-electron chi connectivity index (χ3n) is 1.72. The number of carboxylic acid groups (broad SMARTS) is 1. The number of hydrogen-bond acceptors (Lipinski definition) is 3. The lowest BCUT2D eigenvalue weighted by Crippen LogP contribution is -2.13. The molecule has 2 N–H and O–H groups in total. The van der Waals surface area contributed by atoms with Gasteiger partial charge in [-0.05, 0) is 24.6 Å². The Morgan fingerprint density at radius 1 is 1.36 bits per heavy atom. The molecule has 0 amide bonds. The molecule has 0 aliphatic carbocycles. The average Bonchev–Trinajstić information content (AvgIpc) is 2.10. The van der Waals surface area contributed by atoms with E-state index in [0.717, 1.165) is 6.07 Å². The van der Waals surface area contributed by atoms with E-state index in [1.807, 2.05) is 0 Å². The topological polar surface area (TPSA) is 74.6 Å².